The van der Waals surface area contributed by atoms with Crippen LogP contribution in [0.4, 0.5) is 17.1 Å². The van der Waals surface area contributed by atoms with Gasteiger partial charge in [0.2, 0.25) is 0 Å². The first-order valence-corrected chi connectivity index (χ1v) is 10.8. The molecule has 33 heavy (non-hydrogen) atoms. The van der Waals surface area contributed by atoms with E-state index in [1.807, 2.05) is 32.0 Å². The third-order valence-electron chi connectivity index (χ3n) is 5.27. The lowest BCUT2D eigenvalue weighted by molar-refractivity contribution is -0.120. The van der Waals surface area contributed by atoms with Crippen LogP contribution in [0.5, 0.6) is 0 Å². The number of halogens is 2. The van der Waals surface area contributed by atoms with Gasteiger partial charge in [-0.15, -0.1) is 0 Å². The van der Waals surface area contributed by atoms with Gasteiger partial charge in [0.15, 0.2) is 0 Å². The van der Waals surface area contributed by atoms with Crippen LogP contribution in [0, 0.1) is 13.8 Å². The van der Waals surface area contributed by atoms with Gasteiger partial charge in [0.1, 0.15) is 10.7 Å². The van der Waals surface area contributed by atoms with Gasteiger partial charge >= 0.3 is 0 Å². The molecule has 6 nitrogen and oxygen atoms in total. The summed E-state index contributed by atoms with van der Waals surface area (Å²) in [6, 6.07) is 18.6. The van der Waals surface area contributed by atoms with E-state index in [4.69, 9.17) is 23.2 Å². The first kappa shape index (κ1) is 22.6. The van der Waals surface area contributed by atoms with Crippen LogP contribution in [0.15, 0.2) is 77.5 Å². The van der Waals surface area contributed by atoms with Crippen LogP contribution in [0.2, 0.25) is 5.02 Å². The monoisotopic (exact) mass is 479 g/mol. The topological polar surface area (TPSA) is 78.5 Å². The zero-order chi connectivity index (χ0) is 23.7. The van der Waals surface area contributed by atoms with Crippen molar-refractivity contribution in [2.45, 2.75) is 13.8 Å². The van der Waals surface area contributed by atoms with E-state index in [0.29, 0.717) is 27.6 Å². The predicted molar refractivity (Wildman–Crippen MR) is 131 cm³/mol. The Hall–Kier alpha value is -3.61. The lowest BCUT2D eigenvalue weighted by Gasteiger charge is -2.15. The fraction of sp³-hybridized carbons (Fsp3) is 0.0800. The van der Waals surface area contributed by atoms with E-state index in [1.54, 1.807) is 42.5 Å². The molecule has 8 heteroatoms. The molecule has 2 N–H and O–H groups in total. The highest BCUT2D eigenvalue weighted by molar-refractivity contribution is 6.53. The Morgan fingerprint density at radius 1 is 0.818 bits per heavy atom. The van der Waals surface area contributed by atoms with Crippen LogP contribution in [-0.2, 0) is 9.59 Å². The van der Waals surface area contributed by atoms with E-state index < -0.39 is 11.8 Å². The number of rotatable bonds is 5. The zero-order valence-electron chi connectivity index (χ0n) is 17.8. The van der Waals surface area contributed by atoms with Crippen molar-refractivity contribution in [3.63, 3.8) is 0 Å². The molecule has 0 aliphatic carbocycles. The summed E-state index contributed by atoms with van der Waals surface area (Å²) in [5, 5.41) is 5.91. The second-order valence-corrected chi connectivity index (χ2v) is 8.38. The highest BCUT2D eigenvalue weighted by Crippen LogP contribution is 2.31. The summed E-state index contributed by atoms with van der Waals surface area (Å²) in [6.07, 6.45) is 0. The number of carbonyl (C=O) groups is 3. The van der Waals surface area contributed by atoms with Crippen molar-refractivity contribution in [2.75, 3.05) is 15.5 Å². The summed E-state index contributed by atoms with van der Waals surface area (Å²) in [6.45, 7) is 3.99. The number of anilines is 3. The quantitative estimate of drug-likeness (QED) is 0.463. The van der Waals surface area contributed by atoms with Crippen molar-refractivity contribution in [1.82, 2.24) is 0 Å². The van der Waals surface area contributed by atoms with E-state index in [2.05, 4.69) is 10.6 Å². The molecule has 4 rings (SSSR count). The van der Waals surface area contributed by atoms with Gasteiger partial charge in [-0.3, -0.25) is 14.4 Å². The fourth-order valence-corrected chi connectivity index (χ4v) is 3.73. The number of imide groups is 1. The Labute approximate surface area is 200 Å². The molecule has 0 radical (unpaired) electrons. The maximum atomic E-state index is 12.9. The van der Waals surface area contributed by atoms with Crippen LogP contribution in [-0.4, -0.2) is 17.7 Å². The third kappa shape index (κ3) is 4.62. The van der Waals surface area contributed by atoms with Crippen molar-refractivity contribution in [2.24, 2.45) is 0 Å². The highest BCUT2D eigenvalue weighted by Gasteiger charge is 2.39. The molecule has 0 aromatic heterocycles. The van der Waals surface area contributed by atoms with Crippen molar-refractivity contribution in [1.29, 1.82) is 0 Å². The molecule has 166 valence electrons. The summed E-state index contributed by atoms with van der Waals surface area (Å²) in [5.74, 6) is -1.50. The third-order valence-corrected chi connectivity index (χ3v) is 5.86. The molecular weight excluding hydrogens is 461 g/mol. The second kappa shape index (κ2) is 9.10. The molecule has 1 aliphatic rings. The van der Waals surface area contributed by atoms with E-state index in [0.717, 1.165) is 16.0 Å². The van der Waals surface area contributed by atoms with Gasteiger partial charge in [0, 0.05) is 22.0 Å². The molecule has 3 amide bonds. The number of hydrogen-bond donors (Lipinski definition) is 2. The summed E-state index contributed by atoms with van der Waals surface area (Å²) in [7, 11) is 0. The zero-order valence-corrected chi connectivity index (χ0v) is 19.3. The minimum Gasteiger partial charge on any atom is -0.350 e. The summed E-state index contributed by atoms with van der Waals surface area (Å²) < 4.78 is 0. The van der Waals surface area contributed by atoms with Gasteiger partial charge in [0.05, 0.1) is 5.69 Å². The average Bonchev–Trinajstić information content (AvgIpc) is 3.00. The van der Waals surface area contributed by atoms with E-state index in [9.17, 15) is 14.4 Å². The minimum absolute atomic E-state index is 0.0472. The lowest BCUT2D eigenvalue weighted by atomic mass is 10.1. The van der Waals surface area contributed by atoms with E-state index in [-0.39, 0.29) is 16.6 Å². The van der Waals surface area contributed by atoms with Crippen LogP contribution >= 0.6 is 23.2 Å². The largest absolute Gasteiger partial charge is 0.350 e. The Balaban J connectivity index is 1.48. The van der Waals surface area contributed by atoms with Crippen LogP contribution in [0.25, 0.3) is 0 Å². The lowest BCUT2D eigenvalue weighted by Crippen LogP contribution is -2.32. The van der Waals surface area contributed by atoms with Crippen molar-refractivity contribution in [3.8, 4) is 0 Å². The molecule has 0 atom stereocenters. The smallest absolute Gasteiger partial charge is 0.283 e. The van der Waals surface area contributed by atoms with Gasteiger partial charge in [0.25, 0.3) is 17.7 Å². The number of benzene rings is 3. The van der Waals surface area contributed by atoms with Crippen molar-refractivity contribution < 1.29 is 14.4 Å². The van der Waals surface area contributed by atoms with Gasteiger partial charge in [-0.2, -0.15) is 0 Å². The highest BCUT2D eigenvalue weighted by atomic mass is 35.5. The summed E-state index contributed by atoms with van der Waals surface area (Å²) in [4.78, 5) is 39.0. The van der Waals surface area contributed by atoms with Crippen LogP contribution < -0.4 is 15.5 Å². The predicted octanol–water partition coefficient (Wildman–Crippen LogP) is 5.64. The molecule has 3 aromatic rings. The molecule has 0 spiro atoms. The van der Waals surface area contributed by atoms with Gasteiger partial charge in [-0.1, -0.05) is 35.3 Å². The minimum atomic E-state index is -0.643. The van der Waals surface area contributed by atoms with Crippen molar-refractivity contribution >= 4 is 58.0 Å². The number of nitrogens with one attached hydrogen (secondary N) is 2. The average molecular weight is 480 g/mol. The molecule has 0 bridgehead atoms. The van der Waals surface area contributed by atoms with Gasteiger partial charge in [-0.25, -0.2) is 4.90 Å². The normalized spacial score (nSPS) is 13.5. The van der Waals surface area contributed by atoms with E-state index in [1.165, 1.54) is 6.07 Å². The maximum absolute atomic E-state index is 12.9. The van der Waals surface area contributed by atoms with E-state index >= 15 is 0 Å². The van der Waals surface area contributed by atoms with Crippen LogP contribution in [0.3, 0.4) is 0 Å². The Bertz CT molecular complexity index is 1320. The van der Waals surface area contributed by atoms with Gasteiger partial charge < -0.3 is 10.6 Å². The SMILES string of the molecule is Cc1ccc(NC(=O)c2ccc(NC3=C(Cl)C(=O)N(c4cccc(Cl)c4)C3=O)cc2)cc1C. The summed E-state index contributed by atoms with van der Waals surface area (Å²) in [5.41, 5.74) is 4.15. The molecule has 1 aliphatic heterocycles. The molecule has 0 saturated heterocycles. The Morgan fingerprint density at radius 3 is 2.18 bits per heavy atom. The standard InChI is InChI=1S/C25H19Cl2N3O3/c1-14-6-9-19(12-15(14)2)29-23(31)16-7-10-18(11-8-16)28-22-21(27)24(32)30(25(22)33)20-5-3-4-17(26)13-20/h3-13,28H,1-2H3,(H,29,31). The Kier molecular flexibility index (Phi) is 6.22. The Morgan fingerprint density at radius 2 is 1.52 bits per heavy atom. The maximum Gasteiger partial charge on any atom is 0.283 e. The number of amides is 3. The molecule has 1 heterocycles. The molecule has 0 fully saturated rings. The number of nitrogens with zero attached hydrogens (tertiary/aromatic N) is 1. The summed E-state index contributed by atoms with van der Waals surface area (Å²) >= 11 is 12.1. The number of aryl methyl sites for hydroxylation is 2. The second-order valence-electron chi connectivity index (χ2n) is 7.57. The molecular formula is C25H19Cl2N3O3. The van der Waals surface area contributed by atoms with Gasteiger partial charge in [-0.05, 0) is 79.6 Å². The first-order valence-electron chi connectivity index (χ1n) is 10.0. The molecule has 0 saturated carbocycles. The number of carbonyl (C=O) groups excluding carboxylic acids is 3. The van der Waals surface area contributed by atoms with Crippen molar-refractivity contribution in [3.05, 3.63) is 99.2 Å². The number of hydrogen-bond acceptors (Lipinski definition) is 4. The molecule has 0 unspecified atom stereocenters. The van der Waals surface area contributed by atoms with Crippen LogP contribution in [0.1, 0.15) is 21.5 Å². The first-order chi connectivity index (χ1) is 15.7. The fourth-order valence-electron chi connectivity index (χ4n) is 3.33. The molecule has 3 aromatic carbocycles.